The van der Waals surface area contributed by atoms with Gasteiger partial charge in [0.05, 0.1) is 13.2 Å². The lowest BCUT2D eigenvalue weighted by Gasteiger charge is -2.18. The van der Waals surface area contributed by atoms with Crippen LogP contribution in [0.5, 0.6) is 0 Å². The van der Waals surface area contributed by atoms with Crippen molar-refractivity contribution in [2.24, 2.45) is 0 Å². The van der Waals surface area contributed by atoms with Crippen molar-refractivity contribution in [3.05, 3.63) is 72.9 Å². The van der Waals surface area contributed by atoms with Crippen molar-refractivity contribution >= 4 is 25.7 Å². The van der Waals surface area contributed by atoms with Gasteiger partial charge in [-0.3, -0.25) is 18.6 Å². The minimum Gasteiger partial charge on any atom is -0.480 e. The molecule has 0 aliphatic rings. The lowest BCUT2D eigenvalue weighted by Crippen LogP contribution is -2.43. The maximum Gasteiger partial charge on any atom is 0.472 e. The van der Waals surface area contributed by atoms with Crippen LogP contribution in [-0.4, -0.2) is 64.9 Å². The van der Waals surface area contributed by atoms with E-state index < -0.39 is 57.6 Å². The van der Waals surface area contributed by atoms with E-state index in [9.17, 15) is 34.1 Å². The van der Waals surface area contributed by atoms with Gasteiger partial charge < -0.3 is 25.2 Å². The Kier molecular flexibility index (Phi) is 29.2. The average molecular weight is 696 g/mol. The number of allylic oxidation sites excluding steroid dienone is 12. The molecule has 0 rings (SSSR count). The molecule has 3 unspecified atom stereocenters. The van der Waals surface area contributed by atoms with Gasteiger partial charge in [0.25, 0.3) is 0 Å². The number of phosphoric acid groups is 1. The van der Waals surface area contributed by atoms with Crippen LogP contribution in [0.15, 0.2) is 72.9 Å². The standard InChI is InChI=1S/C36H58NO10P/c1-3-5-7-8-9-10-11-12-13-14-15-16-17-18-19-20-21-22-23-24-26-28-35(40)45-29-32(38)30-46-48(43,44)47-31-33(36(41)42)37-34(39)27-25-6-4-2/h5,7,9-10,12-13,15-16,18-19,21-22,32-33,38H,3-4,6,8,11,14,17,20,23-31H2,1-2H3,(H,37,39)(H,41,42)(H,43,44)/b7-5-,10-9-,13-12-,16-15-,19-18-,22-21-. The van der Waals surface area contributed by atoms with Gasteiger partial charge in [0.2, 0.25) is 5.91 Å². The fraction of sp³-hybridized carbons (Fsp3) is 0.583. The number of carboxylic acids is 1. The summed E-state index contributed by atoms with van der Waals surface area (Å²) in [7, 11) is -4.74. The average Bonchev–Trinajstić information content (AvgIpc) is 3.05. The molecule has 0 aliphatic heterocycles. The molecule has 11 nitrogen and oxygen atoms in total. The Morgan fingerprint density at radius 1 is 0.688 bits per heavy atom. The molecule has 1 amide bonds. The van der Waals surface area contributed by atoms with E-state index in [0.29, 0.717) is 12.8 Å². The Balaban J connectivity index is 3.96. The Hall–Kier alpha value is -3.08. The van der Waals surface area contributed by atoms with Crippen molar-refractivity contribution in [3.8, 4) is 0 Å². The molecule has 48 heavy (non-hydrogen) atoms. The number of aliphatic carboxylic acids is 1. The maximum absolute atomic E-state index is 12.1. The highest BCUT2D eigenvalue weighted by Crippen LogP contribution is 2.43. The summed E-state index contributed by atoms with van der Waals surface area (Å²) < 4.78 is 26.4. The fourth-order valence-corrected chi connectivity index (χ4v) is 4.62. The first-order chi connectivity index (χ1) is 23.1. The normalized spacial score (nSPS) is 14.9. The summed E-state index contributed by atoms with van der Waals surface area (Å²) in [5.41, 5.74) is 0. The van der Waals surface area contributed by atoms with Gasteiger partial charge in [0.1, 0.15) is 12.7 Å². The van der Waals surface area contributed by atoms with Gasteiger partial charge >= 0.3 is 19.8 Å². The Morgan fingerprint density at radius 3 is 1.71 bits per heavy atom. The number of esters is 1. The third kappa shape index (κ3) is 30.3. The molecule has 4 N–H and O–H groups in total. The molecule has 3 atom stereocenters. The number of unbranched alkanes of at least 4 members (excludes halogenated alkanes) is 4. The quantitative estimate of drug-likeness (QED) is 0.0257. The largest absolute Gasteiger partial charge is 0.480 e. The highest BCUT2D eigenvalue weighted by atomic mass is 31.2. The van der Waals surface area contributed by atoms with E-state index >= 15 is 0 Å². The summed E-state index contributed by atoms with van der Waals surface area (Å²) in [5, 5.41) is 21.4. The van der Waals surface area contributed by atoms with E-state index in [-0.39, 0.29) is 12.8 Å². The fourth-order valence-electron chi connectivity index (χ4n) is 3.84. The van der Waals surface area contributed by atoms with Crippen molar-refractivity contribution < 1.29 is 47.8 Å². The highest BCUT2D eigenvalue weighted by Gasteiger charge is 2.28. The molecular formula is C36H58NO10P. The Morgan fingerprint density at radius 2 is 1.19 bits per heavy atom. The molecule has 0 fully saturated rings. The van der Waals surface area contributed by atoms with E-state index in [2.05, 4.69) is 94.2 Å². The molecule has 0 radical (unpaired) electrons. The molecule has 0 aliphatic carbocycles. The predicted octanol–water partition coefficient (Wildman–Crippen LogP) is 7.43. The number of carboxylic acid groups (broad SMARTS) is 1. The van der Waals surface area contributed by atoms with Gasteiger partial charge in [-0.1, -0.05) is 99.6 Å². The van der Waals surface area contributed by atoms with Crippen molar-refractivity contribution in [2.75, 3.05) is 19.8 Å². The van der Waals surface area contributed by atoms with Crippen molar-refractivity contribution in [1.82, 2.24) is 5.32 Å². The molecule has 0 aromatic carbocycles. The van der Waals surface area contributed by atoms with Gasteiger partial charge in [0, 0.05) is 12.8 Å². The van der Waals surface area contributed by atoms with E-state index in [0.717, 1.165) is 64.2 Å². The van der Waals surface area contributed by atoms with Crippen LogP contribution in [0.4, 0.5) is 0 Å². The number of rotatable bonds is 30. The van der Waals surface area contributed by atoms with E-state index in [1.165, 1.54) is 0 Å². The lowest BCUT2D eigenvalue weighted by molar-refractivity contribution is -0.147. The number of carbonyl (C=O) groups is 3. The van der Waals surface area contributed by atoms with Crippen LogP contribution in [0.2, 0.25) is 0 Å². The van der Waals surface area contributed by atoms with E-state index in [1.54, 1.807) is 0 Å². The smallest absolute Gasteiger partial charge is 0.472 e. The van der Waals surface area contributed by atoms with Crippen molar-refractivity contribution in [1.29, 1.82) is 0 Å². The molecular weight excluding hydrogens is 637 g/mol. The zero-order valence-corrected chi connectivity index (χ0v) is 29.6. The molecule has 0 bridgehead atoms. The summed E-state index contributed by atoms with van der Waals surface area (Å²) in [6, 6.07) is -1.55. The van der Waals surface area contributed by atoms with Gasteiger partial charge in [-0.25, -0.2) is 9.36 Å². The third-order valence-electron chi connectivity index (χ3n) is 6.51. The molecule has 0 spiro atoms. The summed E-state index contributed by atoms with van der Waals surface area (Å²) in [6.07, 6.45) is 34.9. The molecule has 0 saturated heterocycles. The minimum absolute atomic E-state index is 0.124. The molecule has 12 heteroatoms. The Bertz CT molecular complexity index is 1100. The molecule has 0 heterocycles. The first-order valence-electron chi connectivity index (χ1n) is 17.0. The minimum atomic E-state index is -4.74. The van der Waals surface area contributed by atoms with Crippen LogP contribution in [0.3, 0.4) is 0 Å². The van der Waals surface area contributed by atoms with Crippen LogP contribution < -0.4 is 5.32 Å². The molecule has 0 saturated carbocycles. The zero-order chi connectivity index (χ0) is 35.7. The SMILES string of the molecule is CC/C=C\C/C=C\C/C=C\C/C=C\C/C=C\C/C=C\CCCCC(=O)OCC(O)COP(=O)(O)OCC(NC(=O)CCCCC)C(=O)O. The summed E-state index contributed by atoms with van der Waals surface area (Å²) >= 11 is 0. The first kappa shape index (κ1) is 44.9. The third-order valence-corrected chi connectivity index (χ3v) is 7.46. The highest BCUT2D eigenvalue weighted by molar-refractivity contribution is 7.47. The number of aliphatic hydroxyl groups is 1. The van der Waals surface area contributed by atoms with Crippen molar-refractivity contribution in [3.63, 3.8) is 0 Å². The summed E-state index contributed by atoms with van der Waals surface area (Å²) in [5.74, 6) is -2.47. The summed E-state index contributed by atoms with van der Waals surface area (Å²) in [4.78, 5) is 44.9. The number of hydrogen-bond acceptors (Lipinski definition) is 8. The number of nitrogens with one attached hydrogen (secondary N) is 1. The molecule has 0 aromatic heterocycles. The number of hydrogen-bond donors (Lipinski definition) is 4. The molecule has 272 valence electrons. The number of carbonyl (C=O) groups excluding carboxylic acids is 2. The topological polar surface area (TPSA) is 169 Å². The zero-order valence-electron chi connectivity index (χ0n) is 28.8. The van der Waals surface area contributed by atoms with Gasteiger partial charge in [0.15, 0.2) is 6.04 Å². The Labute approximate surface area is 287 Å². The molecule has 0 aromatic rings. The lowest BCUT2D eigenvalue weighted by atomic mass is 10.2. The second-order valence-electron chi connectivity index (χ2n) is 11.0. The second-order valence-corrected chi connectivity index (χ2v) is 12.4. The van der Waals surface area contributed by atoms with Crippen LogP contribution in [0, 0.1) is 0 Å². The van der Waals surface area contributed by atoms with Crippen molar-refractivity contribution in [2.45, 2.75) is 116 Å². The van der Waals surface area contributed by atoms with Crippen LogP contribution >= 0.6 is 7.82 Å². The number of phosphoric ester groups is 1. The van der Waals surface area contributed by atoms with Gasteiger partial charge in [-0.2, -0.15) is 0 Å². The van der Waals surface area contributed by atoms with Crippen LogP contribution in [0.1, 0.15) is 104 Å². The van der Waals surface area contributed by atoms with E-state index in [4.69, 9.17) is 4.74 Å². The van der Waals surface area contributed by atoms with E-state index in [1.807, 2.05) is 6.92 Å². The van der Waals surface area contributed by atoms with Crippen LogP contribution in [0.25, 0.3) is 0 Å². The monoisotopic (exact) mass is 695 g/mol. The predicted molar refractivity (Wildman–Crippen MR) is 189 cm³/mol. The number of amides is 1. The second kappa shape index (κ2) is 31.2. The van der Waals surface area contributed by atoms with Gasteiger partial charge in [-0.05, 0) is 64.2 Å². The van der Waals surface area contributed by atoms with Gasteiger partial charge in [-0.15, -0.1) is 0 Å². The number of aliphatic hydroxyl groups excluding tert-OH is 1. The first-order valence-corrected chi connectivity index (χ1v) is 18.5. The van der Waals surface area contributed by atoms with Crippen LogP contribution in [-0.2, 0) is 32.7 Å². The maximum atomic E-state index is 12.1. The number of ether oxygens (including phenoxy) is 1. The summed E-state index contributed by atoms with van der Waals surface area (Å²) in [6.45, 7) is 2.14.